The van der Waals surface area contributed by atoms with E-state index in [4.69, 9.17) is 4.84 Å². The molecular weight excluding hydrogens is 450 g/mol. The Hall–Kier alpha value is -3.31. The van der Waals surface area contributed by atoms with Gasteiger partial charge in [-0.1, -0.05) is 19.9 Å². The number of aromatic nitrogens is 3. The summed E-state index contributed by atoms with van der Waals surface area (Å²) in [6, 6.07) is 3.41. The van der Waals surface area contributed by atoms with Crippen molar-refractivity contribution < 1.29 is 23.5 Å². The van der Waals surface area contributed by atoms with Crippen molar-refractivity contribution in [2.24, 2.45) is 13.0 Å². The Bertz CT molecular complexity index is 1380. The molecular formula is C23H26F2N4O5. The van der Waals surface area contributed by atoms with Crippen LogP contribution in [0.15, 0.2) is 34.0 Å². The van der Waals surface area contributed by atoms with Gasteiger partial charge in [0.15, 0.2) is 0 Å². The van der Waals surface area contributed by atoms with Gasteiger partial charge in [-0.2, -0.15) is 0 Å². The highest BCUT2D eigenvalue weighted by atomic mass is 19.1. The van der Waals surface area contributed by atoms with Gasteiger partial charge in [-0.25, -0.2) is 18.6 Å². The average molecular weight is 476 g/mol. The lowest BCUT2D eigenvalue weighted by Gasteiger charge is -2.18. The van der Waals surface area contributed by atoms with E-state index in [2.05, 4.69) is 0 Å². The molecule has 1 aliphatic heterocycles. The molecule has 4 rings (SSSR count). The highest BCUT2D eigenvalue weighted by molar-refractivity contribution is 6.05. The smallest absolute Gasteiger partial charge is 0.331 e. The number of nitrogens with zero attached hydrogens (tertiary/aromatic N) is 4. The van der Waals surface area contributed by atoms with Crippen molar-refractivity contribution >= 4 is 16.8 Å². The molecule has 1 amide bonds. The molecule has 3 aromatic rings. The largest absolute Gasteiger partial charge is 0.386 e. The molecule has 9 nitrogen and oxygen atoms in total. The van der Waals surface area contributed by atoms with Crippen LogP contribution in [-0.2, 0) is 25.0 Å². The maximum Gasteiger partial charge on any atom is 0.331 e. The Morgan fingerprint density at radius 3 is 2.44 bits per heavy atom. The maximum atomic E-state index is 14.5. The van der Waals surface area contributed by atoms with Crippen molar-refractivity contribution in [1.29, 1.82) is 0 Å². The topological polar surface area (TPSA) is 98.7 Å². The van der Waals surface area contributed by atoms with E-state index in [1.54, 1.807) is 0 Å². The second-order valence-corrected chi connectivity index (χ2v) is 9.33. The zero-order valence-corrected chi connectivity index (χ0v) is 19.3. The van der Waals surface area contributed by atoms with Gasteiger partial charge in [-0.3, -0.25) is 23.6 Å². The molecule has 3 heterocycles. The van der Waals surface area contributed by atoms with Crippen LogP contribution in [0.1, 0.15) is 36.8 Å². The second-order valence-electron chi connectivity index (χ2n) is 9.33. The molecule has 1 aromatic carbocycles. The van der Waals surface area contributed by atoms with E-state index in [1.807, 2.05) is 13.8 Å². The van der Waals surface area contributed by atoms with Gasteiger partial charge in [-0.05, 0) is 25.0 Å². The molecule has 1 aliphatic rings. The minimum absolute atomic E-state index is 0.0296. The van der Waals surface area contributed by atoms with E-state index in [-0.39, 0.29) is 47.8 Å². The van der Waals surface area contributed by atoms with Gasteiger partial charge < -0.3 is 9.67 Å². The van der Waals surface area contributed by atoms with Crippen LogP contribution in [0, 0.1) is 17.6 Å². The van der Waals surface area contributed by atoms with Crippen molar-refractivity contribution in [2.75, 3.05) is 13.2 Å². The molecule has 182 valence electrons. The first-order chi connectivity index (χ1) is 15.9. The number of β-amino-alcohol motifs (C(OH)–C–C–N with tert-alkyl or cyclic N) is 1. The Labute approximate surface area is 193 Å². The van der Waals surface area contributed by atoms with Gasteiger partial charge in [0.25, 0.3) is 11.5 Å². The van der Waals surface area contributed by atoms with Crippen molar-refractivity contribution in [3.05, 3.63) is 68.1 Å². The number of carbonyl (C=O) groups excluding carboxylic acids is 1. The van der Waals surface area contributed by atoms with Crippen LogP contribution in [0.5, 0.6) is 0 Å². The quantitative estimate of drug-likeness (QED) is 0.604. The number of aliphatic hydroxyl groups is 1. The summed E-state index contributed by atoms with van der Waals surface area (Å²) in [6.07, 6.45) is 1.38. The summed E-state index contributed by atoms with van der Waals surface area (Å²) < 4.78 is 32.4. The summed E-state index contributed by atoms with van der Waals surface area (Å²) in [4.78, 5) is 44.9. The van der Waals surface area contributed by atoms with Crippen molar-refractivity contribution in [3.63, 3.8) is 0 Å². The number of fused-ring (bicyclic) bond motifs is 1. The van der Waals surface area contributed by atoms with Gasteiger partial charge in [-0.15, -0.1) is 0 Å². The van der Waals surface area contributed by atoms with Gasteiger partial charge in [0, 0.05) is 25.4 Å². The summed E-state index contributed by atoms with van der Waals surface area (Å²) in [7, 11) is 1.31. The Morgan fingerprint density at radius 2 is 1.88 bits per heavy atom. The standard InChI is InChI=1S/C23H26F2N4O5/c1-13(2)8-28-17-10-27(9-14-15(24)6-5-7-16(14)25)19(18(17)20(30)26(4)22(28)32)21(31)29-11-23(3,33)12-34-29/h5-7,10,13,33H,8-9,11-12H2,1-4H3/t23-/m0/s1. The van der Waals surface area contributed by atoms with E-state index >= 15 is 0 Å². The van der Waals surface area contributed by atoms with E-state index in [1.165, 1.54) is 35.4 Å². The van der Waals surface area contributed by atoms with Crippen molar-refractivity contribution in [1.82, 2.24) is 18.8 Å². The van der Waals surface area contributed by atoms with Crippen molar-refractivity contribution in [3.8, 4) is 0 Å². The highest BCUT2D eigenvalue weighted by Gasteiger charge is 2.38. The normalized spacial score (nSPS) is 18.4. The van der Waals surface area contributed by atoms with E-state index in [0.717, 1.165) is 21.8 Å². The number of halogens is 2. The Kier molecular flexibility index (Phi) is 5.94. The van der Waals surface area contributed by atoms with Crippen LogP contribution < -0.4 is 11.2 Å². The van der Waals surface area contributed by atoms with Crippen LogP contribution in [0.3, 0.4) is 0 Å². The predicted molar refractivity (Wildman–Crippen MR) is 119 cm³/mol. The van der Waals surface area contributed by atoms with Gasteiger partial charge in [0.05, 0.1) is 24.0 Å². The highest BCUT2D eigenvalue weighted by Crippen LogP contribution is 2.26. The zero-order chi connectivity index (χ0) is 24.9. The fraction of sp³-hybridized carbons (Fsp3) is 0.435. The number of hydrogen-bond acceptors (Lipinski definition) is 5. The van der Waals surface area contributed by atoms with Gasteiger partial charge in [0.1, 0.15) is 29.5 Å². The van der Waals surface area contributed by atoms with Gasteiger partial charge >= 0.3 is 5.69 Å². The molecule has 2 aromatic heterocycles. The lowest BCUT2D eigenvalue weighted by Crippen LogP contribution is -2.40. The molecule has 1 atom stereocenters. The van der Waals surface area contributed by atoms with Crippen LogP contribution in [0.25, 0.3) is 10.9 Å². The van der Waals surface area contributed by atoms with Crippen LogP contribution in [0.2, 0.25) is 0 Å². The van der Waals surface area contributed by atoms with E-state index < -0.39 is 40.9 Å². The third kappa shape index (κ3) is 4.05. The molecule has 34 heavy (non-hydrogen) atoms. The van der Waals surface area contributed by atoms with E-state index in [0.29, 0.717) is 0 Å². The minimum atomic E-state index is -1.30. The number of rotatable bonds is 5. The first-order valence-corrected chi connectivity index (χ1v) is 10.8. The number of hydrogen-bond donors (Lipinski definition) is 1. The lowest BCUT2D eigenvalue weighted by atomic mass is 10.1. The minimum Gasteiger partial charge on any atom is -0.386 e. The number of hydroxylamine groups is 2. The molecule has 0 bridgehead atoms. The maximum absolute atomic E-state index is 14.5. The second kappa shape index (κ2) is 8.48. The summed E-state index contributed by atoms with van der Waals surface area (Å²) in [5, 5.41) is 11.1. The summed E-state index contributed by atoms with van der Waals surface area (Å²) in [5.74, 6) is -2.37. The predicted octanol–water partition coefficient (Wildman–Crippen LogP) is 1.62. The molecule has 0 unspecified atom stereocenters. The number of amides is 1. The Balaban J connectivity index is 2.00. The Morgan fingerprint density at radius 1 is 1.24 bits per heavy atom. The molecule has 1 fully saturated rings. The third-order valence-electron chi connectivity index (χ3n) is 5.77. The number of benzene rings is 1. The molecule has 1 saturated heterocycles. The number of carbonyl (C=O) groups is 1. The fourth-order valence-electron chi connectivity index (χ4n) is 4.11. The van der Waals surface area contributed by atoms with Crippen LogP contribution in [0.4, 0.5) is 8.78 Å². The first-order valence-electron chi connectivity index (χ1n) is 10.8. The summed E-state index contributed by atoms with van der Waals surface area (Å²) in [6.45, 7) is 4.81. The molecule has 0 radical (unpaired) electrons. The van der Waals surface area contributed by atoms with Gasteiger partial charge in [0.2, 0.25) is 0 Å². The van der Waals surface area contributed by atoms with Crippen LogP contribution in [-0.4, -0.2) is 48.5 Å². The third-order valence-corrected chi connectivity index (χ3v) is 5.77. The molecule has 1 N–H and O–H groups in total. The fourth-order valence-corrected chi connectivity index (χ4v) is 4.11. The summed E-state index contributed by atoms with van der Waals surface area (Å²) >= 11 is 0. The molecule has 0 aliphatic carbocycles. The summed E-state index contributed by atoms with van der Waals surface area (Å²) in [5.41, 5.74) is -2.91. The first kappa shape index (κ1) is 23.8. The van der Waals surface area contributed by atoms with Crippen LogP contribution >= 0.6 is 0 Å². The van der Waals surface area contributed by atoms with E-state index in [9.17, 15) is 28.3 Å². The molecule has 0 saturated carbocycles. The van der Waals surface area contributed by atoms with Crippen molar-refractivity contribution in [2.45, 2.75) is 39.5 Å². The lowest BCUT2D eigenvalue weighted by molar-refractivity contribution is -0.0801. The SMILES string of the molecule is CC(C)Cn1c(=O)n(C)c(=O)c2c(C(=O)N3C[C@](C)(O)CO3)n(Cc3c(F)cccc3F)cc21. The molecule has 0 spiro atoms. The zero-order valence-electron chi connectivity index (χ0n) is 19.3. The average Bonchev–Trinajstić information content (AvgIpc) is 3.31. The monoisotopic (exact) mass is 476 g/mol. The molecule has 11 heteroatoms.